The van der Waals surface area contributed by atoms with Gasteiger partial charge in [-0.05, 0) is 24.1 Å². The number of carbonyl (C=O) groups excluding carboxylic acids is 1. The smallest absolute Gasteiger partial charge is 0.227 e. The molecular formula is C20H24N2O. The van der Waals surface area contributed by atoms with Crippen molar-refractivity contribution in [3.05, 3.63) is 66.2 Å². The van der Waals surface area contributed by atoms with Crippen molar-refractivity contribution in [3.63, 3.8) is 0 Å². The number of hydrogen-bond donors (Lipinski definition) is 0. The van der Waals surface area contributed by atoms with Gasteiger partial charge in [0.15, 0.2) is 0 Å². The van der Waals surface area contributed by atoms with Crippen molar-refractivity contribution in [1.29, 1.82) is 0 Å². The third-order valence-electron chi connectivity index (χ3n) is 4.47. The fourth-order valence-electron chi connectivity index (χ4n) is 3.33. The van der Waals surface area contributed by atoms with Crippen molar-refractivity contribution < 1.29 is 4.79 Å². The molecule has 1 aliphatic rings. The minimum atomic E-state index is 0.211. The summed E-state index contributed by atoms with van der Waals surface area (Å²) >= 11 is 0. The number of para-hydroxylation sites is 1. The summed E-state index contributed by atoms with van der Waals surface area (Å²) < 4.78 is 0. The van der Waals surface area contributed by atoms with E-state index in [0.29, 0.717) is 6.42 Å². The monoisotopic (exact) mass is 308 g/mol. The van der Waals surface area contributed by atoms with E-state index in [9.17, 15) is 4.79 Å². The molecule has 1 fully saturated rings. The van der Waals surface area contributed by atoms with Crippen LogP contribution in [-0.2, 0) is 11.3 Å². The zero-order chi connectivity index (χ0) is 16.1. The lowest BCUT2D eigenvalue weighted by Gasteiger charge is -2.29. The summed E-state index contributed by atoms with van der Waals surface area (Å²) in [6.07, 6.45) is 1.58. The number of nitrogens with zero attached hydrogens (tertiary/aromatic N) is 2. The Balaban J connectivity index is 1.71. The van der Waals surface area contributed by atoms with E-state index in [2.05, 4.69) is 29.2 Å². The molecule has 0 bridgehead atoms. The first-order valence-corrected chi connectivity index (χ1v) is 8.41. The molecule has 3 heteroatoms. The van der Waals surface area contributed by atoms with E-state index in [1.54, 1.807) is 0 Å². The van der Waals surface area contributed by atoms with Gasteiger partial charge in [0.05, 0.1) is 6.04 Å². The average molecular weight is 308 g/mol. The molecule has 23 heavy (non-hydrogen) atoms. The molecule has 3 nitrogen and oxygen atoms in total. The Kier molecular flexibility index (Phi) is 5.09. The maximum absolute atomic E-state index is 12.5. The summed E-state index contributed by atoms with van der Waals surface area (Å²) in [6.45, 7) is 4.88. The highest BCUT2D eigenvalue weighted by Crippen LogP contribution is 2.24. The van der Waals surface area contributed by atoms with Gasteiger partial charge in [-0.15, -0.1) is 0 Å². The lowest BCUT2D eigenvalue weighted by Crippen LogP contribution is -2.41. The highest BCUT2D eigenvalue weighted by molar-refractivity contribution is 5.93. The first kappa shape index (κ1) is 15.8. The van der Waals surface area contributed by atoms with Crippen LogP contribution in [0.15, 0.2) is 60.7 Å². The number of rotatable bonds is 5. The predicted molar refractivity (Wildman–Crippen MR) is 94.3 cm³/mol. The van der Waals surface area contributed by atoms with Crippen LogP contribution in [0.1, 0.15) is 25.3 Å². The highest BCUT2D eigenvalue weighted by atomic mass is 16.2. The van der Waals surface area contributed by atoms with Crippen LogP contribution in [0.5, 0.6) is 0 Å². The van der Waals surface area contributed by atoms with Crippen LogP contribution in [0.4, 0.5) is 5.69 Å². The minimum absolute atomic E-state index is 0.211. The Bertz CT molecular complexity index is 627. The van der Waals surface area contributed by atoms with Crippen molar-refractivity contribution in [1.82, 2.24) is 4.90 Å². The lowest BCUT2D eigenvalue weighted by atomic mass is 10.1. The molecule has 0 N–H and O–H groups in total. The van der Waals surface area contributed by atoms with Crippen molar-refractivity contribution in [2.45, 2.75) is 32.4 Å². The summed E-state index contributed by atoms with van der Waals surface area (Å²) in [5.41, 5.74) is 2.35. The standard InChI is InChI=1S/C20H24N2O/c1-2-20(23)22(18-11-7-4-8-12-18)19-13-14-21(16-19)15-17-9-5-3-6-10-17/h3-12,19H,2,13-16H2,1H3/t19-/m0/s1. The van der Waals surface area contributed by atoms with E-state index < -0.39 is 0 Å². The molecule has 1 atom stereocenters. The van der Waals surface area contributed by atoms with Crippen LogP contribution in [-0.4, -0.2) is 29.9 Å². The number of hydrogen-bond acceptors (Lipinski definition) is 2. The van der Waals surface area contributed by atoms with Crippen LogP contribution < -0.4 is 4.90 Å². The summed E-state index contributed by atoms with van der Waals surface area (Å²) in [7, 11) is 0. The summed E-state index contributed by atoms with van der Waals surface area (Å²) in [6, 6.07) is 20.9. The van der Waals surface area contributed by atoms with Crippen LogP contribution >= 0.6 is 0 Å². The van der Waals surface area contributed by atoms with E-state index in [-0.39, 0.29) is 11.9 Å². The van der Waals surface area contributed by atoms with Gasteiger partial charge in [0.25, 0.3) is 0 Å². The summed E-state index contributed by atoms with van der Waals surface area (Å²) in [5.74, 6) is 0.211. The Morgan fingerprint density at radius 1 is 1.09 bits per heavy atom. The van der Waals surface area contributed by atoms with E-state index >= 15 is 0 Å². The topological polar surface area (TPSA) is 23.6 Å². The van der Waals surface area contributed by atoms with Gasteiger partial charge >= 0.3 is 0 Å². The molecule has 2 aromatic rings. The Labute approximate surface area is 138 Å². The van der Waals surface area contributed by atoms with Gasteiger partial charge in [-0.3, -0.25) is 9.69 Å². The molecule has 0 radical (unpaired) electrons. The van der Waals surface area contributed by atoms with Crippen molar-refractivity contribution in [2.75, 3.05) is 18.0 Å². The Morgan fingerprint density at radius 3 is 2.39 bits per heavy atom. The van der Waals surface area contributed by atoms with E-state index in [1.165, 1.54) is 5.56 Å². The van der Waals surface area contributed by atoms with E-state index in [1.807, 2.05) is 48.2 Å². The molecule has 1 saturated heterocycles. The van der Waals surface area contributed by atoms with E-state index in [4.69, 9.17) is 0 Å². The molecule has 2 aromatic carbocycles. The molecular weight excluding hydrogens is 284 g/mol. The Morgan fingerprint density at radius 2 is 1.74 bits per heavy atom. The number of amides is 1. The molecule has 0 aromatic heterocycles. The summed E-state index contributed by atoms with van der Waals surface area (Å²) in [4.78, 5) is 16.9. The van der Waals surface area contributed by atoms with Crippen LogP contribution in [0.3, 0.4) is 0 Å². The maximum atomic E-state index is 12.5. The van der Waals surface area contributed by atoms with Gasteiger partial charge in [-0.1, -0.05) is 55.5 Å². The van der Waals surface area contributed by atoms with E-state index in [0.717, 1.165) is 31.7 Å². The molecule has 0 aliphatic carbocycles. The van der Waals surface area contributed by atoms with Gasteiger partial charge in [0.2, 0.25) is 5.91 Å². The molecule has 120 valence electrons. The Hall–Kier alpha value is -2.13. The highest BCUT2D eigenvalue weighted by Gasteiger charge is 2.30. The minimum Gasteiger partial charge on any atom is -0.308 e. The first-order valence-electron chi connectivity index (χ1n) is 8.41. The first-order chi connectivity index (χ1) is 11.3. The molecule has 0 unspecified atom stereocenters. The molecule has 1 aliphatic heterocycles. The fourth-order valence-corrected chi connectivity index (χ4v) is 3.33. The van der Waals surface area contributed by atoms with Crippen molar-refractivity contribution in [2.24, 2.45) is 0 Å². The SMILES string of the molecule is CCC(=O)N(c1ccccc1)[C@H]1CCN(Cc2ccccc2)C1. The zero-order valence-corrected chi connectivity index (χ0v) is 13.7. The van der Waals surface area contributed by atoms with Gasteiger partial charge in [0, 0.05) is 31.7 Å². The third-order valence-corrected chi connectivity index (χ3v) is 4.47. The van der Waals surface area contributed by atoms with Gasteiger partial charge < -0.3 is 4.90 Å². The molecule has 1 heterocycles. The largest absolute Gasteiger partial charge is 0.308 e. The molecule has 0 saturated carbocycles. The molecule has 0 spiro atoms. The maximum Gasteiger partial charge on any atom is 0.227 e. The van der Waals surface area contributed by atoms with Gasteiger partial charge in [0.1, 0.15) is 0 Å². The van der Waals surface area contributed by atoms with Crippen LogP contribution in [0.25, 0.3) is 0 Å². The normalized spacial score (nSPS) is 18.0. The second-order valence-electron chi connectivity index (χ2n) is 6.12. The number of anilines is 1. The summed E-state index contributed by atoms with van der Waals surface area (Å²) in [5, 5.41) is 0. The molecule has 3 rings (SSSR count). The fraction of sp³-hybridized carbons (Fsp3) is 0.350. The number of benzene rings is 2. The van der Waals surface area contributed by atoms with Crippen molar-refractivity contribution in [3.8, 4) is 0 Å². The predicted octanol–water partition coefficient (Wildman–Crippen LogP) is 3.70. The average Bonchev–Trinajstić information content (AvgIpc) is 3.05. The second kappa shape index (κ2) is 7.42. The molecule has 1 amide bonds. The third kappa shape index (κ3) is 3.80. The number of likely N-dealkylation sites (tertiary alicyclic amines) is 1. The van der Waals surface area contributed by atoms with Gasteiger partial charge in [-0.2, -0.15) is 0 Å². The van der Waals surface area contributed by atoms with Crippen LogP contribution in [0.2, 0.25) is 0 Å². The zero-order valence-electron chi connectivity index (χ0n) is 13.7. The quantitative estimate of drug-likeness (QED) is 0.841. The second-order valence-corrected chi connectivity index (χ2v) is 6.12. The number of carbonyl (C=O) groups is 1. The lowest BCUT2D eigenvalue weighted by molar-refractivity contribution is -0.118. The van der Waals surface area contributed by atoms with Crippen LogP contribution in [0, 0.1) is 0 Å². The van der Waals surface area contributed by atoms with Gasteiger partial charge in [-0.25, -0.2) is 0 Å². The van der Waals surface area contributed by atoms with Crippen molar-refractivity contribution >= 4 is 11.6 Å².